The van der Waals surface area contributed by atoms with Crippen LogP contribution in [0.3, 0.4) is 0 Å². The number of thiazole rings is 1. The Morgan fingerprint density at radius 3 is 2.43 bits per heavy atom. The second kappa shape index (κ2) is 8.03. The topological polar surface area (TPSA) is 26.5 Å². The maximum Gasteiger partial charge on any atom is 0.416 e. The first-order valence-electron chi connectivity index (χ1n) is 8.47. The summed E-state index contributed by atoms with van der Waals surface area (Å²) in [6.45, 7) is 11.4. The number of alkyl halides is 3. The first-order valence-corrected chi connectivity index (χ1v) is 9.29. The molecule has 3 aromatic rings. The lowest BCUT2D eigenvalue weighted by molar-refractivity contribution is -0.137. The van der Waals surface area contributed by atoms with E-state index in [1.54, 1.807) is 0 Å². The van der Waals surface area contributed by atoms with Crippen LogP contribution in [0.2, 0.25) is 0 Å². The zero-order valence-corrected chi connectivity index (χ0v) is 16.1. The number of benzene rings is 2. The molecule has 0 saturated heterocycles. The molecule has 3 rings (SSSR count). The SMILES string of the molecule is [C-]#[N+]Cc1ccc(OCc2sc(-c3ccc(C(F)(F)F)cc3)nc2C)cc1C. The predicted molar refractivity (Wildman–Crippen MR) is 103 cm³/mol. The Hall–Kier alpha value is -2.85. The molecule has 0 fully saturated rings. The van der Waals surface area contributed by atoms with E-state index in [1.165, 1.54) is 23.5 Å². The van der Waals surface area contributed by atoms with Crippen LogP contribution in [0, 0.1) is 20.4 Å². The van der Waals surface area contributed by atoms with Gasteiger partial charge in [0.2, 0.25) is 6.54 Å². The highest BCUT2D eigenvalue weighted by Gasteiger charge is 2.30. The fourth-order valence-electron chi connectivity index (χ4n) is 2.66. The number of hydrogen-bond donors (Lipinski definition) is 0. The lowest BCUT2D eigenvalue weighted by Crippen LogP contribution is -2.03. The van der Waals surface area contributed by atoms with E-state index >= 15 is 0 Å². The molecule has 28 heavy (non-hydrogen) atoms. The molecule has 0 radical (unpaired) electrons. The summed E-state index contributed by atoms with van der Waals surface area (Å²) in [4.78, 5) is 8.77. The molecule has 7 heteroatoms. The Morgan fingerprint density at radius 1 is 1.11 bits per heavy atom. The molecule has 0 unspecified atom stereocenters. The molecular formula is C21H17F3N2OS. The summed E-state index contributed by atoms with van der Waals surface area (Å²) in [7, 11) is 0. The maximum atomic E-state index is 12.7. The van der Waals surface area contributed by atoms with Crippen molar-refractivity contribution >= 4 is 11.3 Å². The molecule has 1 aromatic heterocycles. The van der Waals surface area contributed by atoms with Crippen molar-refractivity contribution in [3.8, 4) is 16.3 Å². The summed E-state index contributed by atoms with van der Waals surface area (Å²) >= 11 is 1.40. The van der Waals surface area contributed by atoms with E-state index in [2.05, 4.69) is 9.83 Å². The number of hydrogen-bond acceptors (Lipinski definition) is 3. The smallest absolute Gasteiger partial charge is 0.416 e. The van der Waals surface area contributed by atoms with Gasteiger partial charge in [0.25, 0.3) is 0 Å². The Balaban J connectivity index is 1.72. The number of rotatable bonds is 5. The second-order valence-electron chi connectivity index (χ2n) is 6.30. The third-order valence-corrected chi connectivity index (χ3v) is 5.47. The van der Waals surface area contributed by atoms with Crippen LogP contribution < -0.4 is 4.74 Å². The zero-order valence-electron chi connectivity index (χ0n) is 15.3. The van der Waals surface area contributed by atoms with Gasteiger partial charge in [0, 0.05) is 11.1 Å². The minimum Gasteiger partial charge on any atom is -0.488 e. The lowest BCUT2D eigenvalue weighted by Gasteiger charge is -2.07. The molecule has 0 aliphatic heterocycles. The Morgan fingerprint density at radius 2 is 1.82 bits per heavy atom. The molecule has 2 aromatic carbocycles. The molecule has 1 heterocycles. The molecule has 0 amide bonds. The number of nitrogens with zero attached hydrogens (tertiary/aromatic N) is 2. The molecule has 3 nitrogen and oxygen atoms in total. The summed E-state index contributed by atoms with van der Waals surface area (Å²) in [6, 6.07) is 10.6. The highest BCUT2D eigenvalue weighted by molar-refractivity contribution is 7.15. The standard InChI is InChI=1S/C21H17F3N2OS/c1-13-10-18(9-6-16(13)11-25-3)27-12-19-14(2)26-20(28-19)15-4-7-17(8-5-15)21(22,23)24/h4-10H,11-12H2,1-2H3. The van der Waals surface area contributed by atoms with Gasteiger partial charge >= 0.3 is 6.18 Å². The van der Waals surface area contributed by atoms with Crippen LogP contribution in [-0.4, -0.2) is 4.98 Å². The van der Waals surface area contributed by atoms with Crippen LogP contribution >= 0.6 is 11.3 Å². The second-order valence-corrected chi connectivity index (χ2v) is 7.38. The van der Waals surface area contributed by atoms with Crippen LogP contribution in [0.1, 0.15) is 27.3 Å². The Bertz CT molecular complexity index is 1020. The van der Waals surface area contributed by atoms with Crippen molar-refractivity contribution in [3.63, 3.8) is 0 Å². The van der Waals surface area contributed by atoms with E-state index in [4.69, 9.17) is 11.3 Å². The normalized spacial score (nSPS) is 11.3. The van der Waals surface area contributed by atoms with Gasteiger partial charge in [0.05, 0.1) is 16.1 Å². The van der Waals surface area contributed by atoms with Crippen molar-refractivity contribution in [2.24, 2.45) is 0 Å². The highest BCUT2D eigenvalue weighted by Crippen LogP contribution is 2.33. The highest BCUT2D eigenvalue weighted by atomic mass is 32.1. The quantitative estimate of drug-likeness (QED) is 0.459. The largest absolute Gasteiger partial charge is 0.488 e. The van der Waals surface area contributed by atoms with Crippen LogP contribution in [-0.2, 0) is 19.3 Å². The van der Waals surface area contributed by atoms with Crippen LogP contribution in [0.5, 0.6) is 5.75 Å². The fraction of sp³-hybridized carbons (Fsp3) is 0.238. The summed E-state index contributed by atoms with van der Waals surface area (Å²) in [5.41, 5.74) is 2.74. The van der Waals surface area contributed by atoms with Gasteiger partial charge < -0.3 is 9.58 Å². The van der Waals surface area contributed by atoms with Gasteiger partial charge in [-0.15, -0.1) is 11.3 Å². The van der Waals surface area contributed by atoms with Gasteiger partial charge in [-0.2, -0.15) is 13.2 Å². The lowest BCUT2D eigenvalue weighted by atomic mass is 10.1. The monoisotopic (exact) mass is 402 g/mol. The number of aromatic nitrogens is 1. The number of halogens is 3. The van der Waals surface area contributed by atoms with E-state index in [-0.39, 0.29) is 0 Å². The van der Waals surface area contributed by atoms with Crippen molar-refractivity contribution in [2.45, 2.75) is 33.2 Å². The molecule has 0 aliphatic carbocycles. The summed E-state index contributed by atoms with van der Waals surface area (Å²) in [5.74, 6) is 0.704. The number of aryl methyl sites for hydroxylation is 2. The van der Waals surface area contributed by atoms with Crippen molar-refractivity contribution in [2.75, 3.05) is 0 Å². The minimum absolute atomic E-state index is 0.325. The van der Waals surface area contributed by atoms with Gasteiger partial charge in [0.1, 0.15) is 17.4 Å². The summed E-state index contributed by atoms with van der Waals surface area (Å²) in [5, 5.41) is 0.661. The average Bonchev–Trinajstić information content (AvgIpc) is 3.02. The van der Waals surface area contributed by atoms with E-state index < -0.39 is 11.7 Å². The van der Waals surface area contributed by atoms with E-state index in [1.807, 2.05) is 32.0 Å². The molecule has 144 valence electrons. The zero-order chi connectivity index (χ0) is 20.3. The van der Waals surface area contributed by atoms with Crippen molar-refractivity contribution in [1.29, 1.82) is 0 Å². The predicted octanol–water partition coefficient (Wildman–Crippen LogP) is 6.44. The van der Waals surface area contributed by atoms with Gasteiger partial charge in [-0.1, -0.05) is 12.1 Å². The molecule has 0 atom stereocenters. The molecule has 0 N–H and O–H groups in total. The van der Waals surface area contributed by atoms with Gasteiger partial charge in [-0.3, -0.25) is 0 Å². The summed E-state index contributed by atoms with van der Waals surface area (Å²) in [6.07, 6.45) is -4.35. The van der Waals surface area contributed by atoms with E-state index in [9.17, 15) is 13.2 Å². The molecule has 0 saturated carbocycles. The van der Waals surface area contributed by atoms with Crippen LogP contribution in [0.15, 0.2) is 42.5 Å². The maximum absolute atomic E-state index is 12.7. The first kappa shape index (κ1) is 19.9. The minimum atomic E-state index is -4.35. The molecule has 0 aliphatic rings. The Labute approximate surface area is 165 Å². The third kappa shape index (κ3) is 4.52. The molecule has 0 spiro atoms. The fourth-order valence-corrected chi connectivity index (χ4v) is 3.64. The van der Waals surface area contributed by atoms with E-state index in [0.29, 0.717) is 29.5 Å². The molecule has 0 bridgehead atoms. The Kier molecular flexibility index (Phi) is 5.71. The number of ether oxygens (including phenoxy) is 1. The third-order valence-electron chi connectivity index (χ3n) is 4.29. The van der Waals surface area contributed by atoms with Gasteiger partial charge in [-0.25, -0.2) is 11.6 Å². The van der Waals surface area contributed by atoms with Gasteiger partial charge in [0.15, 0.2) is 0 Å². The average molecular weight is 402 g/mol. The summed E-state index contributed by atoms with van der Waals surface area (Å²) < 4.78 is 44.0. The van der Waals surface area contributed by atoms with Crippen molar-refractivity contribution < 1.29 is 17.9 Å². The molecular weight excluding hydrogens is 385 g/mol. The first-order chi connectivity index (χ1) is 13.3. The van der Waals surface area contributed by atoms with E-state index in [0.717, 1.165) is 33.8 Å². The van der Waals surface area contributed by atoms with Crippen molar-refractivity contribution in [1.82, 2.24) is 4.98 Å². The van der Waals surface area contributed by atoms with Gasteiger partial charge in [-0.05, 0) is 49.7 Å². The van der Waals surface area contributed by atoms with Crippen molar-refractivity contribution in [3.05, 3.63) is 81.1 Å². The van der Waals surface area contributed by atoms with Crippen LogP contribution in [0.25, 0.3) is 15.4 Å². The van der Waals surface area contributed by atoms with Crippen LogP contribution in [0.4, 0.5) is 13.2 Å².